The van der Waals surface area contributed by atoms with E-state index in [2.05, 4.69) is 12.6 Å². The van der Waals surface area contributed by atoms with Crippen LogP contribution >= 0.6 is 12.6 Å². The maximum absolute atomic E-state index is 12.5. The third-order valence-corrected chi connectivity index (χ3v) is 2.96. The van der Waals surface area contributed by atoms with Crippen molar-refractivity contribution >= 4 is 18.5 Å². The molecule has 1 amide bonds. The highest BCUT2D eigenvalue weighted by Gasteiger charge is 2.34. The van der Waals surface area contributed by atoms with Crippen LogP contribution in [0, 0.1) is 6.92 Å². The van der Waals surface area contributed by atoms with Crippen LogP contribution in [0.2, 0.25) is 0 Å². The fourth-order valence-electron chi connectivity index (χ4n) is 1.68. The second-order valence-electron chi connectivity index (χ2n) is 4.64. The minimum absolute atomic E-state index is 0.255. The Morgan fingerprint density at radius 3 is 2.42 bits per heavy atom. The largest absolute Gasteiger partial charge is 0.406 e. The molecule has 0 saturated carbocycles. The summed E-state index contributed by atoms with van der Waals surface area (Å²) in [5.41, 5.74) is 0.890. The van der Waals surface area contributed by atoms with Crippen molar-refractivity contribution in [1.29, 1.82) is 0 Å². The highest BCUT2D eigenvalue weighted by molar-refractivity contribution is 7.80. The summed E-state index contributed by atoms with van der Waals surface area (Å²) in [6, 6.07) is 4.32. The zero-order valence-corrected chi connectivity index (χ0v) is 11.8. The van der Waals surface area contributed by atoms with Gasteiger partial charge in [0.05, 0.1) is 0 Å². The summed E-state index contributed by atoms with van der Waals surface area (Å²) in [5, 5.41) is 0. The molecule has 6 heteroatoms. The van der Waals surface area contributed by atoms with Crippen molar-refractivity contribution in [3.05, 3.63) is 29.3 Å². The summed E-state index contributed by atoms with van der Waals surface area (Å²) in [7, 11) is 0. The Balaban J connectivity index is 3.09. The molecule has 0 spiro atoms. The van der Waals surface area contributed by atoms with Crippen molar-refractivity contribution in [2.24, 2.45) is 0 Å². The number of rotatable bonds is 3. The van der Waals surface area contributed by atoms with Crippen LogP contribution in [0.4, 0.5) is 13.2 Å². The quantitative estimate of drug-likeness (QED) is 0.842. The number of hydrogen-bond acceptors (Lipinski definition) is 2. The standard InChI is InChI=1S/C13H16F3NOS/c1-8(2)17(7-13(14,15)16)12(18)11-6-10(19)5-4-9(11)3/h4-6,8,19H,7H2,1-3H3. The number of alkyl halides is 3. The van der Waals surface area contributed by atoms with Crippen molar-refractivity contribution in [2.75, 3.05) is 6.54 Å². The van der Waals surface area contributed by atoms with Gasteiger partial charge in [-0.05, 0) is 38.5 Å². The summed E-state index contributed by atoms with van der Waals surface area (Å²) in [4.78, 5) is 13.6. The van der Waals surface area contributed by atoms with E-state index in [-0.39, 0.29) is 5.56 Å². The minimum Gasteiger partial charge on any atom is -0.327 e. The average molecular weight is 291 g/mol. The molecule has 0 fully saturated rings. The third kappa shape index (κ3) is 4.45. The molecule has 0 atom stereocenters. The van der Waals surface area contributed by atoms with Crippen LogP contribution in [0.5, 0.6) is 0 Å². The van der Waals surface area contributed by atoms with Gasteiger partial charge in [0.15, 0.2) is 0 Å². The first-order valence-corrected chi connectivity index (χ1v) is 6.24. The lowest BCUT2D eigenvalue weighted by Crippen LogP contribution is -2.43. The highest BCUT2D eigenvalue weighted by Crippen LogP contribution is 2.22. The van der Waals surface area contributed by atoms with E-state index in [0.29, 0.717) is 10.5 Å². The van der Waals surface area contributed by atoms with E-state index >= 15 is 0 Å². The van der Waals surface area contributed by atoms with Crippen LogP contribution in [0.25, 0.3) is 0 Å². The molecule has 19 heavy (non-hydrogen) atoms. The van der Waals surface area contributed by atoms with Gasteiger partial charge in [-0.2, -0.15) is 13.2 Å². The van der Waals surface area contributed by atoms with E-state index in [1.807, 2.05) is 0 Å². The highest BCUT2D eigenvalue weighted by atomic mass is 32.1. The van der Waals surface area contributed by atoms with E-state index < -0.39 is 24.7 Å². The van der Waals surface area contributed by atoms with Crippen LogP contribution in [-0.4, -0.2) is 29.6 Å². The van der Waals surface area contributed by atoms with E-state index in [1.165, 1.54) is 6.07 Å². The summed E-state index contributed by atoms with van der Waals surface area (Å²) in [6.07, 6.45) is -4.41. The average Bonchev–Trinajstić information content (AvgIpc) is 2.27. The number of aryl methyl sites for hydroxylation is 1. The number of nitrogens with zero attached hydrogens (tertiary/aromatic N) is 1. The third-order valence-electron chi connectivity index (χ3n) is 2.69. The first-order valence-electron chi connectivity index (χ1n) is 5.79. The number of thiol groups is 1. The predicted octanol–water partition coefficient (Wildman–Crippen LogP) is 3.70. The van der Waals surface area contributed by atoms with E-state index in [1.54, 1.807) is 32.9 Å². The molecule has 0 unspecified atom stereocenters. The Bertz CT molecular complexity index is 471. The van der Waals surface area contributed by atoms with Crippen molar-refractivity contribution in [3.63, 3.8) is 0 Å². The summed E-state index contributed by atoms with van der Waals surface area (Å²) < 4.78 is 37.5. The van der Waals surface area contributed by atoms with E-state index in [0.717, 1.165) is 4.90 Å². The molecule has 0 aliphatic heterocycles. The van der Waals surface area contributed by atoms with Gasteiger partial charge in [0.1, 0.15) is 6.54 Å². The Kier molecular flexibility index (Phi) is 4.90. The van der Waals surface area contributed by atoms with Gasteiger partial charge in [0, 0.05) is 16.5 Å². The first-order chi connectivity index (χ1) is 8.61. The van der Waals surface area contributed by atoms with Crippen LogP contribution in [0.1, 0.15) is 29.8 Å². The number of carbonyl (C=O) groups is 1. The molecule has 0 aliphatic carbocycles. The van der Waals surface area contributed by atoms with Gasteiger partial charge in [-0.25, -0.2) is 0 Å². The molecule has 0 saturated heterocycles. The summed E-state index contributed by atoms with van der Waals surface area (Å²) >= 11 is 4.11. The van der Waals surface area contributed by atoms with Gasteiger partial charge in [-0.15, -0.1) is 12.6 Å². The molecular formula is C13H16F3NOS. The minimum atomic E-state index is -4.41. The zero-order chi connectivity index (χ0) is 14.8. The molecule has 0 radical (unpaired) electrons. The zero-order valence-electron chi connectivity index (χ0n) is 11.0. The van der Waals surface area contributed by atoms with Gasteiger partial charge in [-0.1, -0.05) is 6.07 Å². The second kappa shape index (κ2) is 5.86. The monoisotopic (exact) mass is 291 g/mol. The van der Waals surface area contributed by atoms with Gasteiger partial charge in [-0.3, -0.25) is 4.79 Å². The molecule has 0 bridgehead atoms. The number of amides is 1. The Hall–Kier alpha value is -1.17. The van der Waals surface area contributed by atoms with Crippen molar-refractivity contribution in [1.82, 2.24) is 4.90 Å². The van der Waals surface area contributed by atoms with E-state index in [9.17, 15) is 18.0 Å². The van der Waals surface area contributed by atoms with Gasteiger partial charge in [0.25, 0.3) is 5.91 Å². The molecule has 0 aromatic heterocycles. The lowest BCUT2D eigenvalue weighted by Gasteiger charge is -2.28. The Morgan fingerprint density at radius 2 is 1.95 bits per heavy atom. The summed E-state index contributed by atoms with van der Waals surface area (Å²) in [6.45, 7) is 3.55. The topological polar surface area (TPSA) is 20.3 Å². The normalized spacial score (nSPS) is 11.8. The van der Waals surface area contributed by atoms with Gasteiger partial charge < -0.3 is 4.90 Å². The Morgan fingerprint density at radius 1 is 1.37 bits per heavy atom. The first kappa shape index (κ1) is 15.9. The summed E-state index contributed by atoms with van der Waals surface area (Å²) in [5.74, 6) is -0.624. The molecule has 2 nitrogen and oxygen atoms in total. The molecule has 0 aliphatic rings. The molecule has 1 aromatic rings. The molecule has 1 rings (SSSR count). The van der Waals surface area contributed by atoms with Crippen LogP contribution in [-0.2, 0) is 0 Å². The smallest absolute Gasteiger partial charge is 0.327 e. The van der Waals surface area contributed by atoms with Gasteiger partial charge in [0.2, 0.25) is 0 Å². The second-order valence-corrected chi connectivity index (χ2v) is 5.16. The maximum atomic E-state index is 12.5. The number of benzene rings is 1. The lowest BCUT2D eigenvalue weighted by molar-refractivity contribution is -0.143. The van der Waals surface area contributed by atoms with Crippen molar-refractivity contribution < 1.29 is 18.0 Å². The molecule has 1 aromatic carbocycles. The number of hydrogen-bond donors (Lipinski definition) is 1. The van der Waals surface area contributed by atoms with Crippen LogP contribution < -0.4 is 0 Å². The molecule has 106 valence electrons. The van der Waals surface area contributed by atoms with Crippen LogP contribution in [0.15, 0.2) is 23.1 Å². The van der Waals surface area contributed by atoms with Crippen molar-refractivity contribution in [2.45, 2.75) is 37.9 Å². The number of carbonyl (C=O) groups excluding carboxylic acids is 1. The molecule has 0 heterocycles. The molecular weight excluding hydrogens is 275 g/mol. The number of halogens is 3. The van der Waals surface area contributed by atoms with E-state index in [4.69, 9.17) is 0 Å². The van der Waals surface area contributed by atoms with Gasteiger partial charge >= 0.3 is 6.18 Å². The maximum Gasteiger partial charge on any atom is 0.406 e. The SMILES string of the molecule is Cc1ccc(S)cc1C(=O)N(CC(F)(F)F)C(C)C. The predicted molar refractivity (Wildman–Crippen MR) is 70.7 cm³/mol. The van der Waals surface area contributed by atoms with Crippen molar-refractivity contribution in [3.8, 4) is 0 Å². The lowest BCUT2D eigenvalue weighted by atomic mass is 10.1. The fourth-order valence-corrected chi connectivity index (χ4v) is 1.88. The molecule has 0 N–H and O–H groups in total. The fraction of sp³-hybridized carbons (Fsp3) is 0.462. The Labute approximate surface area is 116 Å². The van der Waals surface area contributed by atoms with Crippen LogP contribution in [0.3, 0.4) is 0 Å².